The second-order valence-corrected chi connectivity index (χ2v) is 4.18. The summed E-state index contributed by atoms with van der Waals surface area (Å²) in [5, 5.41) is 13.3. The molecule has 0 spiro atoms. The zero-order chi connectivity index (χ0) is 9.35. The lowest BCUT2D eigenvalue weighted by Crippen LogP contribution is -2.32. The van der Waals surface area contributed by atoms with Crippen LogP contribution in [0.5, 0.6) is 0 Å². The number of aliphatic hydroxyl groups is 1. The number of hydrogen-bond donors (Lipinski definition) is 1. The Morgan fingerprint density at radius 3 is 2.50 bits per heavy atom. The molecule has 0 aromatic heterocycles. The van der Waals surface area contributed by atoms with E-state index in [1.807, 2.05) is 13.8 Å². The molecular formula is C8H15N3O. The predicted octanol–water partition coefficient (Wildman–Crippen LogP) is 2.09. The van der Waals surface area contributed by atoms with Crippen LogP contribution in [-0.4, -0.2) is 17.3 Å². The summed E-state index contributed by atoms with van der Waals surface area (Å²) in [6, 6.07) is -0.236. The van der Waals surface area contributed by atoms with Crippen LogP contribution in [0.3, 0.4) is 0 Å². The molecule has 0 bridgehead atoms. The first-order valence-corrected chi connectivity index (χ1v) is 4.22. The molecule has 1 aliphatic carbocycles. The number of rotatable bonds is 1. The molecule has 1 fully saturated rings. The zero-order valence-electron chi connectivity index (χ0n) is 7.73. The summed E-state index contributed by atoms with van der Waals surface area (Å²) < 4.78 is 0. The highest BCUT2D eigenvalue weighted by Crippen LogP contribution is 2.43. The summed E-state index contributed by atoms with van der Waals surface area (Å²) >= 11 is 0. The van der Waals surface area contributed by atoms with Gasteiger partial charge in [-0.05, 0) is 23.3 Å². The van der Waals surface area contributed by atoms with E-state index in [1.165, 1.54) is 0 Å². The van der Waals surface area contributed by atoms with E-state index in [0.29, 0.717) is 5.92 Å². The molecule has 1 N–H and O–H groups in total. The largest absolute Gasteiger partial charge is 0.392 e. The summed E-state index contributed by atoms with van der Waals surface area (Å²) in [6.07, 6.45) is 0.293. The molecule has 1 unspecified atom stereocenters. The van der Waals surface area contributed by atoms with E-state index in [9.17, 15) is 5.11 Å². The Morgan fingerprint density at radius 1 is 1.58 bits per heavy atom. The number of hydrogen-bond acceptors (Lipinski definition) is 2. The van der Waals surface area contributed by atoms with Gasteiger partial charge >= 0.3 is 0 Å². The minimum Gasteiger partial charge on any atom is -0.392 e. The van der Waals surface area contributed by atoms with Gasteiger partial charge in [-0.15, -0.1) is 0 Å². The molecule has 0 aliphatic heterocycles. The fourth-order valence-electron chi connectivity index (χ4n) is 1.76. The number of azide groups is 1. The molecule has 0 amide bonds. The molecule has 68 valence electrons. The van der Waals surface area contributed by atoms with E-state index in [1.54, 1.807) is 0 Å². The molecule has 3 atom stereocenters. The Labute approximate surface area is 72.2 Å². The van der Waals surface area contributed by atoms with Crippen LogP contribution in [0.4, 0.5) is 0 Å². The van der Waals surface area contributed by atoms with E-state index in [4.69, 9.17) is 5.53 Å². The van der Waals surface area contributed by atoms with Crippen LogP contribution < -0.4 is 0 Å². The highest BCUT2D eigenvalue weighted by Gasteiger charge is 2.45. The van der Waals surface area contributed by atoms with E-state index < -0.39 is 6.10 Å². The van der Waals surface area contributed by atoms with Gasteiger partial charge < -0.3 is 5.11 Å². The van der Waals surface area contributed by atoms with Gasteiger partial charge in [0.1, 0.15) is 0 Å². The van der Waals surface area contributed by atoms with E-state index in [2.05, 4.69) is 16.9 Å². The molecule has 1 saturated carbocycles. The lowest BCUT2D eigenvalue weighted by molar-refractivity contribution is 0.0504. The van der Waals surface area contributed by atoms with Gasteiger partial charge in [-0.3, -0.25) is 0 Å². The normalized spacial score (nSPS) is 39.2. The smallest absolute Gasteiger partial charge is 0.0678 e. The van der Waals surface area contributed by atoms with Crippen LogP contribution in [0, 0.1) is 11.3 Å². The molecule has 0 aromatic rings. The summed E-state index contributed by atoms with van der Waals surface area (Å²) in [4.78, 5) is 2.73. The number of nitrogens with zero attached hydrogens (tertiary/aromatic N) is 3. The van der Waals surface area contributed by atoms with Crippen molar-refractivity contribution in [1.82, 2.24) is 0 Å². The van der Waals surface area contributed by atoms with Crippen molar-refractivity contribution in [2.75, 3.05) is 0 Å². The predicted molar refractivity (Wildman–Crippen MR) is 46.5 cm³/mol. The Morgan fingerprint density at radius 2 is 2.17 bits per heavy atom. The van der Waals surface area contributed by atoms with Crippen LogP contribution in [0.2, 0.25) is 0 Å². The highest BCUT2D eigenvalue weighted by molar-refractivity contribution is 4.99. The third-order valence-corrected chi connectivity index (χ3v) is 3.19. The first-order valence-electron chi connectivity index (χ1n) is 4.22. The van der Waals surface area contributed by atoms with E-state index in [-0.39, 0.29) is 11.5 Å². The first-order chi connectivity index (χ1) is 5.50. The van der Waals surface area contributed by atoms with Crippen LogP contribution in [0.15, 0.2) is 5.11 Å². The summed E-state index contributed by atoms with van der Waals surface area (Å²) in [7, 11) is 0. The SMILES string of the molecule is CC1C[C@H](N=[N+]=[N-])[C@H](O)C1(C)C. The van der Waals surface area contributed by atoms with Crippen molar-refractivity contribution in [3.63, 3.8) is 0 Å². The standard InChI is InChI=1S/C8H15N3O/c1-5-4-6(10-11-9)7(12)8(5,2)3/h5-7,12H,4H2,1-3H3/t5?,6-,7-/m0/s1. The molecule has 0 heterocycles. The van der Waals surface area contributed by atoms with Crippen LogP contribution in [0.1, 0.15) is 27.2 Å². The molecule has 0 aromatic carbocycles. The molecule has 0 saturated heterocycles. The van der Waals surface area contributed by atoms with Crippen molar-refractivity contribution in [2.24, 2.45) is 16.4 Å². The molecular weight excluding hydrogens is 154 g/mol. The monoisotopic (exact) mass is 169 g/mol. The van der Waals surface area contributed by atoms with Gasteiger partial charge in [0, 0.05) is 4.91 Å². The van der Waals surface area contributed by atoms with Gasteiger partial charge in [-0.2, -0.15) is 0 Å². The lowest BCUT2D eigenvalue weighted by Gasteiger charge is -2.27. The van der Waals surface area contributed by atoms with Gasteiger partial charge in [-0.25, -0.2) is 0 Å². The summed E-state index contributed by atoms with van der Waals surface area (Å²) in [6.45, 7) is 6.10. The maximum Gasteiger partial charge on any atom is 0.0678 e. The molecule has 4 nitrogen and oxygen atoms in total. The zero-order valence-corrected chi connectivity index (χ0v) is 7.73. The van der Waals surface area contributed by atoms with E-state index in [0.717, 1.165) is 6.42 Å². The fraction of sp³-hybridized carbons (Fsp3) is 1.00. The Balaban J connectivity index is 2.82. The maximum atomic E-state index is 9.75. The minimum atomic E-state index is -0.497. The van der Waals surface area contributed by atoms with Crippen molar-refractivity contribution in [3.8, 4) is 0 Å². The molecule has 12 heavy (non-hydrogen) atoms. The van der Waals surface area contributed by atoms with Crippen LogP contribution in [0.25, 0.3) is 10.4 Å². The summed E-state index contributed by atoms with van der Waals surface area (Å²) in [5.74, 6) is 0.406. The second-order valence-electron chi connectivity index (χ2n) is 4.18. The number of aliphatic hydroxyl groups excluding tert-OH is 1. The van der Waals surface area contributed by atoms with Crippen LogP contribution >= 0.6 is 0 Å². The van der Waals surface area contributed by atoms with Crippen molar-refractivity contribution < 1.29 is 5.11 Å². The third-order valence-electron chi connectivity index (χ3n) is 3.19. The van der Waals surface area contributed by atoms with Crippen molar-refractivity contribution >= 4 is 0 Å². The lowest BCUT2D eigenvalue weighted by atomic mass is 9.81. The average molecular weight is 169 g/mol. The Hall–Kier alpha value is -0.730. The third kappa shape index (κ3) is 1.28. The van der Waals surface area contributed by atoms with Crippen LogP contribution in [-0.2, 0) is 0 Å². The maximum absolute atomic E-state index is 9.75. The highest BCUT2D eigenvalue weighted by atomic mass is 16.3. The molecule has 1 aliphatic rings. The molecule has 0 radical (unpaired) electrons. The van der Waals surface area contributed by atoms with E-state index >= 15 is 0 Å². The van der Waals surface area contributed by atoms with Crippen molar-refractivity contribution in [3.05, 3.63) is 10.4 Å². The quantitative estimate of drug-likeness (QED) is 0.364. The van der Waals surface area contributed by atoms with Crippen molar-refractivity contribution in [1.29, 1.82) is 0 Å². The Kier molecular flexibility index (Phi) is 2.31. The van der Waals surface area contributed by atoms with Gasteiger partial charge in [-0.1, -0.05) is 25.9 Å². The fourth-order valence-corrected chi connectivity index (χ4v) is 1.76. The Bertz CT molecular complexity index is 220. The van der Waals surface area contributed by atoms with Gasteiger partial charge in [0.05, 0.1) is 12.1 Å². The topological polar surface area (TPSA) is 69.0 Å². The molecule has 4 heteroatoms. The van der Waals surface area contributed by atoms with Gasteiger partial charge in [0.25, 0.3) is 0 Å². The van der Waals surface area contributed by atoms with Gasteiger partial charge in [0.15, 0.2) is 0 Å². The average Bonchev–Trinajstić information content (AvgIpc) is 2.17. The first kappa shape index (κ1) is 9.36. The van der Waals surface area contributed by atoms with Crippen molar-refractivity contribution in [2.45, 2.75) is 39.3 Å². The minimum absolute atomic E-state index is 0.126. The van der Waals surface area contributed by atoms with Gasteiger partial charge in [0.2, 0.25) is 0 Å². The molecule has 1 rings (SSSR count). The summed E-state index contributed by atoms with van der Waals surface area (Å²) in [5.41, 5.74) is 8.12. The second kappa shape index (κ2) is 2.96.